The van der Waals surface area contributed by atoms with Crippen molar-refractivity contribution in [2.45, 2.75) is 18.3 Å². The molecule has 2 heterocycles. The van der Waals surface area contributed by atoms with Gasteiger partial charge in [0.25, 0.3) is 0 Å². The highest BCUT2D eigenvalue weighted by atomic mass is 19.4. The first-order valence-corrected chi connectivity index (χ1v) is 7.36. The van der Waals surface area contributed by atoms with Crippen LogP contribution in [0.2, 0.25) is 0 Å². The summed E-state index contributed by atoms with van der Waals surface area (Å²) < 4.78 is 60.2. The van der Waals surface area contributed by atoms with Crippen LogP contribution in [0.15, 0.2) is 36.5 Å². The summed E-state index contributed by atoms with van der Waals surface area (Å²) in [6, 6.07) is 5.89. The Morgan fingerprint density at radius 1 is 1.35 bits per heavy atom. The zero-order chi connectivity index (χ0) is 18.9. The van der Waals surface area contributed by atoms with Crippen molar-refractivity contribution < 1.29 is 36.9 Å². The lowest BCUT2D eigenvalue weighted by molar-refractivity contribution is -0.275. The molecule has 0 saturated carbocycles. The quantitative estimate of drug-likeness (QED) is 0.807. The summed E-state index contributed by atoms with van der Waals surface area (Å²) in [5.41, 5.74) is -1.20. The van der Waals surface area contributed by atoms with Gasteiger partial charge in [0.15, 0.2) is 11.6 Å². The lowest BCUT2D eigenvalue weighted by Gasteiger charge is -2.38. The number of carboxylic acid groups (broad SMARTS) is 1. The normalized spacial score (nSPS) is 19.2. The third kappa shape index (κ3) is 3.35. The van der Waals surface area contributed by atoms with Crippen molar-refractivity contribution in [3.63, 3.8) is 0 Å². The highest BCUT2D eigenvalue weighted by Gasteiger charge is 2.43. The number of pyridine rings is 1. The van der Waals surface area contributed by atoms with E-state index in [1.165, 1.54) is 6.20 Å². The first kappa shape index (κ1) is 17.8. The number of aromatic nitrogens is 1. The van der Waals surface area contributed by atoms with Gasteiger partial charge < -0.3 is 19.9 Å². The molecule has 0 radical (unpaired) electrons. The number of halogens is 4. The predicted octanol–water partition coefficient (Wildman–Crippen LogP) is 3.41. The van der Waals surface area contributed by atoms with Gasteiger partial charge >= 0.3 is 12.5 Å². The van der Waals surface area contributed by atoms with Gasteiger partial charge in [-0.2, -0.15) is 0 Å². The molecule has 10 heteroatoms. The molecule has 1 aliphatic heterocycles. The van der Waals surface area contributed by atoms with Gasteiger partial charge in [-0.3, -0.25) is 4.98 Å². The van der Waals surface area contributed by atoms with Crippen molar-refractivity contribution in [1.82, 2.24) is 10.3 Å². The van der Waals surface area contributed by atoms with E-state index >= 15 is 0 Å². The maximum atomic E-state index is 14.2. The third-order valence-electron chi connectivity index (χ3n) is 3.88. The van der Waals surface area contributed by atoms with E-state index < -0.39 is 29.6 Å². The zero-order valence-corrected chi connectivity index (χ0v) is 13.0. The van der Waals surface area contributed by atoms with Gasteiger partial charge in [-0.25, -0.2) is 9.18 Å². The largest absolute Gasteiger partial charge is 0.573 e. The second kappa shape index (κ2) is 6.36. The van der Waals surface area contributed by atoms with E-state index in [0.717, 1.165) is 18.2 Å². The number of carbonyl (C=O) groups is 1. The molecule has 2 aromatic rings. The first-order chi connectivity index (χ1) is 12.2. The predicted molar refractivity (Wildman–Crippen MR) is 79.4 cm³/mol. The molecule has 0 bridgehead atoms. The Morgan fingerprint density at radius 2 is 2.12 bits per heavy atom. The van der Waals surface area contributed by atoms with Crippen LogP contribution in [0.25, 0.3) is 0 Å². The molecule has 0 fully saturated rings. The van der Waals surface area contributed by atoms with Crippen molar-refractivity contribution >= 4 is 6.09 Å². The molecule has 1 amide bonds. The van der Waals surface area contributed by atoms with Crippen molar-refractivity contribution in [3.8, 4) is 11.5 Å². The molecule has 2 N–H and O–H groups in total. The van der Waals surface area contributed by atoms with Crippen molar-refractivity contribution in [2.24, 2.45) is 0 Å². The Kier molecular flexibility index (Phi) is 4.34. The number of fused-ring (bicyclic) bond motifs is 1. The monoisotopic (exact) mass is 372 g/mol. The van der Waals surface area contributed by atoms with Crippen LogP contribution in [-0.4, -0.2) is 29.2 Å². The van der Waals surface area contributed by atoms with Crippen LogP contribution < -0.4 is 14.8 Å². The fourth-order valence-electron chi connectivity index (χ4n) is 2.89. The zero-order valence-electron chi connectivity index (χ0n) is 13.0. The number of ether oxygens (including phenoxy) is 2. The van der Waals surface area contributed by atoms with Crippen LogP contribution in [0.3, 0.4) is 0 Å². The number of amides is 1. The number of nitrogens with zero attached hydrogens (tertiary/aromatic N) is 1. The summed E-state index contributed by atoms with van der Waals surface area (Å²) in [7, 11) is 0. The second-order valence-electron chi connectivity index (χ2n) is 5.48. The average molecular weight is 372 g/mol. The second-order valence-corrected chi connectivity index (χ2v) is 5.48. The molecule has 6 nitrogen and oxygen atoms in total. The van der Waals surface area contributed by atoms with Gasteiger partial charge in [0, 0.05) is 12.6 Å². The van der Waals surface area contributed by atoms with Crippen molar-refractivity contribution in [1.29, 1.82) is 0 Å². The smallest absolute Gasteiger partial charge is 0.491 e. The molecule has 3 rings (SSSR count). The van der Waals surface area contributed by atoms with E-state index in [9.17, 15) is 27.5 Å². The van der Waals surface area contributed by atoms with Gasteiger partial charge in [-0.1, -0.05) is 6.07 Å². The van der Waals surface area contributed by atoms with Crippen molar-refractivity contribution in [3.05, 3.63) is 53.6 Å². The van der Waals surface area contributed by atoms with Gasteiger partial charge in [-0.05, 0) is 29.8 Å². The standard InChI is InChI=1S/C16H12F4N2O4/c17-10-8-9(3-4-11(10)26-16(18,19)20)15(22-14(23)24)5-7-25-12-2-1-6-21-13(12)15/h1-4,6,8,22H,5,7H2,(H,23,24). The summed E-state index contributed by atoms with van der Waals surface area (Å²) >= 11 is 0. The number of hydrogen-bond acceptors (Lipinski definition) is 4. The topological polar surface area (TPSA) is 80.7 Å². The summed E-state index contributed by atoms with van der Waals surface area (Å²) in [6.45, 7) is 0.0986. The van der Waals surface area contributed by atoms with Crippen LogP contribution in [0.5, 0.6) is 11.5 Å². The van der Waals surface area contributed by atoms with E-state index in [-0.39, 0.29) is 24.3 Å². The molecule has 138 valence electrons. The summed E-state index contributed by atoms with van der Waals surface area (Å²) in [6.07, 6.45) is -4.97. The molecular formula is C16H12F4N2O4. The van der Waals surface area contributed by atoms with Gasteiger partial charge in [-0.15, -0.1) is 13.2 Å². The molecule has 0 saturated heterocycles. The highest BCUT2D eigenvalue weighted by Crippen LogP contribution is 2.41. The molecule has 1 aromatic heterocycles. The third-order valence-corrected chi connectivity index (χ3v) is 3.88. The van der Waals surface area contributed by atoms with Crippen molar-refractivity contribution in [2.75, 3.05) is 6.61 Å². The fraction of sp³-hybridized carbons (Fsp3) is 0.250. The SMILES string of the molecule is O=C(O)NC1(c2ccc(OC(F)(F)F)c(F)c2)CCOc2cccnc21. The lowest BCUT2D eigenvalue weighted by atomic mass is 9.81. The van der Waals surface area contributed by atoms with Crippen LogP contribution in [0, 0.1) is 5.82 Å². The molecule has 0 spiro atoms. The number of hydrogen-bond donors (Lipinski definition) is 2. The summed E-state index contributed by atoms with van der Waals surface area (Å²) in [5.74, 6) is -2.00. The molecule has 1 unspecified atom stereocenters. The Balaban J connectivity index is 2.11. The average Bonchev–Trinajstić information content (AvgIpc) is 2.55. The van der Waals surface area contributed by atoms with Gasteiger partial charge in [0.2, 0.25) is 0 Å². The van der Waals surface area contributed by atoms with Crippen LogP contribution in [-0.2, 0) is 5.54 Å². The van der Waals surface area contributed by atoms with E-state index in [0.29, 0.717) is 5.75 Å². The minimum Gasteiger partial charge on any atom is -0.491 e. The molecule has 0 aliphatic carbocycles. The maximum absolute atomic E-state index is 14.2. The minimum atomic E-state index is -5.05. The lowest BCUT2D eigenvalue weighted by Crippen LogP contribution is -2.50. The minimum absolute atomic E-state index is 0.0717. The molecule has 1 aromatic carbocycles. The Bertz CT molecular complexity index is 843. The number of benzene rings is 1. The maximum Gasteiger partial charge on any atom is 0.573 e. The van der Waals surface area contributed by atoms with Gasteiger partial charge in [0.05, 0.1) is 6.61 Å². The van der Waals surface area contributed by atoms with E-state index in [2.05, 4.69) is 15.0 Å². The van der Waals surface area contributed by atoms with Gasteiger partial charge in [0.1, 0.15) is 17.0 Å². The molecule has 1 aliphatic rings. The number of nitrogens with one attached hydrogen (secondary N) is 1. The molecular weight excluding hydrogens is 360 g/mol. The summed E-state index contributed by atoms with van der Waals surface area (Å²) in [4.78, 5) is 15.5. The van der Waals surface area contributed by atoms with E-state index in [1.807, 2.05) is 0 Å². The molecule has 1 atom stereocenters. The van der Waals surface area contributed by atoms with E-state index in [4.69, 9.17) is 4.74 Å². The Hall–Kier alpha value is -3.04. The van der Waals surface area contributed by atoms with Crippen LogP contribution in [0.4, 0.5) is 22.4 Å². The first-order valence-electron chi connectivity index (χ1n) is 7.36. The number of alkyl halides is 3. The number of rotatable bonds is 3. The van der Waals surface area contributed by atoms with E-state index in [1.54, 1.807) is 12.1 Å². The molecule has 26 heavy (non-hydrogen) atoms. The Labute approximate surface area is 144 Å². The van der Waals surface area contributed by atoms with Crippen LogP contribution >= 0.6 is 0 Å². The Morgan fingerprint density at radius 3 is 2.77 bits per heavy atom. The highest BCUT2D eigenvalue weighted by molar-refractivity contribution is 5.68. The summed E-state index contributed by atoms with van der Waals surface area (Å²) in [5, 5.41) is 11.6. The fourth-order valence-corrected chi connectivity index (χ4v) is 2.89. The van der Waals surface area contributed by atoms with Crippen LogP contribution in [0.1, 0.15) is 17.7 Å².